The normalized spacial score (nSPS) is 10.2. The molecule has 2 amide bonds. The Hall–Kier alpha value is -2.23. The average Bonchev–Trinajstić information content (AvgIpc) is 2.94. The number of urea groups is 1. The van der Waals surface area contributed by atoms with Crippen LogP contribution < -0.4 is 10.6 Å². The van der Waals surface area contributed by atoms with Crippen LogP contribution in [0.4, 0.5) is 10.5 Å². The first-order chi connectivity index (χ1) is 9.29. The SMILES string of the molecule is CCCCNC(=O)Nc1ccc(-n2cccc2)cc1. The number of carbonyl (C=O) groups excluding carboxylic acids is 1. The molecule has 0 unspecified atom stereocenters. The van der Waals surface area contributed by atoms with E-state index in [0.29, 0.717) is 6.54 Å². The second-order valence-electron chi connectivity index (χ2n) is 4.37. The van der Waals surface area contributed by atoms with Crippen LogP contribution in [0.15, 0.2) is 48.8 Å². The molecule has 1 aromatic heterocycles. The molecule has 0 bridgehead atoms. The predicted octanol–water partition coefficient (Wildman–Crippen LogP) is 3.40. The highest BCUT2D eigenvalue weighted by molar-refractivity contribution is 5.89. The van der Waals surface area contributed by atoms with Gasteiger partial charge in [-0.15, -0.1) is 0 Å². The molecule has 1 aromatic carbocycles. The molecule has 0 radical (unpaired) electrons. The highest BCUT2D eigenvalue weighted by Crippen LogP contribution is 2.13. The van der Waals surface area contributed by atoms with Crippen LogP contribution in [0, 0.1) is 0 Å². The minimum Gasteiger partial charge on any atom is -0.338 e. The first-order valence-electron chi connectivity index (χ1n) is 6.58. The van der Waals surface area contributed by atoms with Crippen LogP contribution in [0.25, 0.3) is 5.69 Å². The van der Waals surface area contributed by atoms with E-state index in [1.54, 1.807) is 0 Å². The van der Waals surface area contributed by atoms with E-state index in [1.807, 2.05) is 53.4 Å². The molecule has 2 N–H and O–H groups in total. The van der Waals surface area contributed by atoms with E-state index < -0.39 is 0 Å². The Balaban J connectivity index is 1.90. The summed E-state index contributed by atoms with van der Waals surface area (Å²) >= 11 is 0. The molecular formula is C15H19N3O. The van der Waals surface area contributed by atoms with Crippen LogP contribution >= 0.6 is 0 Å². The number of hydrogen-bond donors (Lipinski definition) is 2. The Morgan fingerprint density at radius 2 is 1.84 bits per heavy atom. The number of nitrogens with zero attached hydrogens (tertiary/aromatic N) is 1. The first-order valence-corrected chi connectivity index (χ1v) is 6.58. The Kier molecular flexibility index (Phi) is 4.61. The first kappa shape index (κ1) is 13.2. The highest BCUT2D eigenvalue weighted by atomic mass is 16.2. The van der Waals surface area contributed by atoms with E-state index in [0.717, 1.165) is 24.2 Å². The van der Waals surface area contributed by atoms with E-state index in [-0.39, 0.29) is 6.03 Å². The fourth-order valence-electron chi connectivity index (χ4n) is 1.78. The minimum atomic E-state index is -0.151. The van der Waals surface area contributed by atoms with Crippen molar-refractivity contribution in [3.63, 3.8) is 0 Å². The molecule has 0 atom stereocenters. The molecule has 0 spiro atoms. The summed E-state index contributed by atoms with van der Waals surface area (Å²) in [5.74, 6) is 0. The third-order valence-electron chi connectivity index (χ3n) is 2.84. The van der Waals surface area contributed by atoms with E-state index in [1.165, 1.54) is 0 Å². The average molecular weight is 257 g/mol. The van der Waals surface area contributed by atoms with Gasteiger partial charge in [0.05, 0.1) is 0 Å². The van der Waals surface area contributed by atoms with Crippen LogP contribution in [0.5, 0.6) is 0 Å². The van der Waals surface area contributed by atoms with Crippen molar-refractivity contribution >= 4 is 11.7 Å². The molecule has 2 aromatic rings. The molecule has 2 rings (SSSR count). The van der Waals surface area contributed by atoms with Crippen LogP contribution in [-0.2, 0) is 0 Å². The second-order valence-corrected chi connectivity index (χ2v) is 4.37. The predicted molar refractivity (Wildman–Crippen MR) is 77.7 cm³/mol. The van der Waals surface area contributed by atoms with Gasteiger partial charge in [-0.3, -0.25) is 0 Å². The highest BCUT2D eigenvalue weighted by Gasteiger charge is 2.01. The van der Waals surface area contributed by atoms with Gasteiger partial charge in [-0.25, -0.2) is 4.79 Å². The maximum atomic E-state index is 11.6. The zero-order valence-electron chi connectivity index (χ0n) is 11.1. The molecular weight excluding hydrogens is 238 g/mol. The number of aromatic nitrogens is 1. The Bertz CT molecular complexity index is 503. The molecule has 0 fully saturated rings. The topological polar surface area (TPSA) is 46.1 Å². The molecule has 100 valence electrons. The Labute approximate surface area is 113 Å². The molecule has 1 heterocycles. The van der Waals surface area contributed by atoms with Crippen molar-refractivity contribution < 1.29 is 4.79 Å². The van der Waals surface area contributed by atoms with Gasteiger partial charge in [0.1, 0.15) is 0 Å². The van der Waals surface area contributed by atoms with Gasteiger partial charge in [-0.2, -0.15) is 0 Å². The van der Waals surface area contributed by atoms with Crippen LogP contribution in [0.1, 0.15) is 19.8 Å². The van der Waals surface area contributed by atoms with Crippen molar-refractivity contribution in [2.24, 2.45) is 0 Å². The standard InChI is InChI=1S/C15H19N3O/c1-2-3-10-16-15(19)17-13-6-8-14(9-7-13)18-11-4-5-12-18/h4-9,11-12H,2-3,10H2,1H3,(H2,16,17,19). The number of amides is 2. The summed E-state index contributed by atoms with van der Waals surface area (Å²) < 4.78 is 2.02. The molecule has 4 nitrogen and oxygen atoms in total. The number of rotatable bonds is 5. The van der Waals surface area contributed by atoms with Crippen molar-refractivity contribution in [2.75, 3.05) is 11.9 Å². The van der Waals surface area contributed by atoms with Gasteiger partial charge in [-0.05, 0) is 42.8 Å². The van der Waals surface area contributed by atoms with Gasteiger partial charge in [-0.1, -0.05) is 13.3 Å². The van der Waals surface area contributed by atoms with Gasteiger partial charge < -0.3 is 15.2 Å². The van der Waals surface area contributed by atoms with E-state index in [4.69, 9.17) is 0 Å². The Morgan fingerprint density at radius 3 is 2.47 bits per heavy atom. The third kappa shape index (κ3) is 3.88. The fourth-order valence-corrected chi connectivity index (χ4v) is 1.78. The molecule has 0 saturated heterocycles. The lowest BCUT2D eigenvalue weighted by molar-refractivity contribution is 0.252. The summed E-state index contributed by atoms with van der Waals surface area (Å²) in [5.41, 5.74) is 1.87. The van der Waals surface area contributed by atoms with E-state index in [2.05, 4.69) is 17.6 Å². The lowest BCUT2D eigenvalue weighted by atomic mass is 10.3. The van der Waals surface area contributed by atoms with Gasteiger partial charge in [0.2, 0.25) is 0 Å². The maximum absolute atomic E-state index is 11.6. The summed E-state index contributed by atoms with van der Waals surface area (Å²) in [6.07, 6.45) is 6.05. The lowest BCUT2D eigenvalue weighted by Gasteiger charge is -2.08. The zero-order chi connectivity index (χ0) is 13.5. The fraction of sp³-hybridized carbons (Fsp3) is 0.267. The maximum Gasteiger partial charge on any atom is 0.319 e. The van der Waals surface area contributed by atoms with Crippen molar-refractivity contribution in [1.29, 1.82) is 0 Å². The van der Waals surface area contributed by atoms with Crippen molar-refractivity contribution in [3.05, 3.63) is 48.8 Å². The quantitative estimate of drug-likeness (QED) is 0.792. The molecule has 0 saturated carbocycles. The summed E-state index contributed by atoms with van der Waals surface area (Å²) in [6.45, 7) is 2.81. The van der Waals surface area contributed by atoms with E-state index >= 15 is 0 Å². The molecule has 19 heavy (non-hydrogen) atoms. The summed E-state index contributed by atoms with van der Waals surface area (Å²) in [6, 6.07) is 11.6. The van der Waals surface area contributed by atoms with Gasteiger partial charge in [0.25, 0.3) is 0 Å². The second kappa shape index (κ2) is 6.64. The zero-order valence-corrected chi connectivity index (χ0v) is 11.1. The third-order valence-corrected chi connectivity index (χ3v) is 2.84. The number of anilines is 1. The van der Waals surface area contributed by atoms with Crippen LogP contribution in [0.3, 0.4) is 0 Å². The van der Waals surface area contributed by atoms with Gasteiger partial charge in [0.15, 0.2) is 0 Å². The van der Waals surface area contributed by atoms with E-state index in [9.17, 15) is 4.79 Å². The number of unbranched alkanes of at least 4 members (excludes halogenated alkanes) is 1. The summed E-state index contributed by atoms with van der Waals surface area (Å²) in [7, 11) is 0. The lowest BCUT2D eigenvalue weighted by Crippen LogP contribution is -2.29. The van der Waals surface area contributed by atoms with Crippen LogP contribution in [-0.4, -0.2) is 17.1 Å². The monoisotopic (exact) mass is 257 g/mol. The van der Waals surface area contributed by atoms with Crippen molar-refractivity contribution in [1.82, 2.24) is 9.88 Å². The molecule has 0 aliphatic rings. The number of hydrogen-bond acceptors (Lipinski definition) is 1. The van der Waals surface area contributed by atoms with Gasteiger partial charge >= 0.3 is 6.03 Å². The molecule has 0 aliphatic heterocycles. The Morgan fingerprint density at radius 1 is 1.16 bits per heavy atom. The van der Waals surface area contributed by atoms with Crippen molar-refractivity contribution in [3.8, 4) is 5.69 Å². The number of benzene rings is 1. The smallest absolute Gasteiger partial charge is 0.319 e. The molecule has 4 heteroatoms. The van der Waals surface area contributed by atoms with Crippen LogP contribution in [0.2, 0.25) is 0 Å². The number of nitrogens with one attached hydrogen (secondary N) is 2. The summed E-state index contributed by atoms with van der Waals surface area (Å²) in [5, 5.41) is 5.63. The molecule has 0 aliphatic carbocycles. The summed E-state index contributed by atoms with van der Waals surface area (Å²) in [4.78, 5) is 11.6. The largest absolute Gasteiger partial charge is 0.338 e. The van der Waals surface area contributed by atoms with Crippen molar-refractivity contribution in [2.45, 2.75) is 19.8 Å². The van der Waals surface area contributed by atoms with Gasteiger partial charge in [0, 0.05) is 30.3 Å². The number of carbonyl (C=O) groups is 1. The minimum absolute atomic E-state index is 0.151.